The zero-order valence-corrected chi connectivity index (χ0v) is 17.6. The first-order valence-electron chi connectivity index (χ1n) is 10.0. The van der Waals surface area contributed by atoms with Crippen LogP contribution < -0.4 is 19.9 Å². The van der Waals surface area contributed by atoms with Crippen LogP contribution in [0.5, 0.6) is 5.75 Å². The van der Waals surface area contributed by atoms with Crippen molar-refractivity contribution in [2.24, 2.45) is 0 Å². The molecule has 0 fully saturated rings. The summed E-state index contributed by atoms with van der Waals surface area (Å²) in [5.74, 6) is 0.118. The highest BCUT2D eigenvalue weighted by Crippen LogP contribution is 2.19. The molecule has 1 heterocycles. The molecule has 1 unspecified atom stereocenters. The molecule has 1 aliphatic carbocycles. The van der Waals surface area contributed by atoms with Gasteiger partial charge in [-0.05, 0) is 43.9 Å². The molecule has 1 N–H and O–H groups in total. The van der Waals surface area contributed by atoms with Crippen molar-refractivity contribution in [3.05, 3.63) is 50.8 Å². The lowest BCUT2D eigenvalue weighted by Crippen LogP contribution is -2.38. The van der Waals surface area contributed by atoms with Crippen LogP contribution in [0, 0.1) is 0 Å². The van der Waals surface area contributed by atoms with Gasteiger partial charge in [-0.1, -0.05) is 18.7 Å². The minimum absolute atomic E-state index is 0.0304. The number of hydrogen-bond acceptors (Lipinski definition) is 7. The minimum Gasteiger partial charge on any atom is -0.491 e. The fourth-order valence-corrected chi connectivity index (χ4v) is 4.20. The smallest absolute Gasteiger partial charge is 0.330 e. The second kappa shape index (κ2) is 11.1. The number of rotatable bonds is 11. The number of ether oxygens (including phenoxy) is 3. The molecule has 1 aromatic heterocycles. The van der Waals surface area contributed by atoms with Crippen LogP contribution in [0.25, 0.3) is 22.2 Å². The predicted octanol–water partition coefficient (Wildman–Crippen LogP) is 1.88. The van der Waals surface area contributed by atoms with E-state index >= 15 is 0 Å². The fourth-order valence-electron chi connectivity index (χ4n) is 3.08. The molecule has 2 aromatic rings. The summed E-state index contributed by atoms with van der Waals surface area (Å²) >= 11 is 1.61. The van der Waals surface area contributed by atoms with Gasteiger partial charge in [-0.15, -0.1) is 11.3 Å². The van der Waals surface area contributed by atoms with Gasteiger partial charge in [-0.2, -0.15) is 0 Å². The molecular weight excluding hydrogens is 404 g/mol. The van der Waals surface area contributed by atoms with Crippen LogP contribution in [0.2, 0.25) is 0 Å². The van der Waals surface area contributed by atoms with Gasteiger partial charge in [0.05, 0.1) is 13.2 Å². The van der Waals surface area contributed by atoms with Gasteiger partial charge in [-0.3, -0.25) is 4.79 Å². The lowest BCUT2D eigenvalue weighted by molar-refractivity contribution is -0.137. The number of benzene rings is 1. The Balaban J connectivity index is 1.45. The van der Waals surface area contributed by atoms with Crippen LogP contribution in [-0.2, 0) is 14.3 Å². The maximum Gasteiger partial charge on any atom is 0.330 e. The lowest BCUT2D eigenvalue weighted by Gasteiger charge is -2.13. The molecule has 30 heavy (non-hydrogen) atoms. The molecule has 7 heteroatoms. The molecule has 3 rings (SSSR count). The summed E-state index contributed by atoms with van der Waals surface area (Å²) in [6.45, 7) is 4.33. The predicted molar refractivity (Wildman–Crippen MR) is 118 cm³/mol. The topological polar surface area (TPSA) is 82.1 Å². The largest absolute Gasteiger partial charge is 0.491 e. The third kappa shape index (κ3) is 6.01. The summed E-state index contributed by atoms with van der Waals surface area (Å²) in [4.78, 5) is 23.7. The number of fused-ring (bicyclic) bond motifs is 2. The Morgan fingerprint density at radius 3 is 2.83 bits per heavy atom. The zero-order valence-electron chi connectivity index (χ0n) is 16.8. The van der Waals surface area contributed by atoms with Crippen LogP contribution >= 0.6 is 11.3 Å². The van der Waals surface area contributed by atoms with E-state index in [-0.39, 0.29) is 18.6 Å². The summed E-state index contributed by atoms with van der Waals surface area (Å²) in [6, 6.07) is 5.45. The van der Waals surface area contributed by atoms with Crippen molar-refractivity contribution in [3.8, 4) is 5.75 Å². The summed E-state index contributed by atoms with van der Waals surface area (Å²) in [6.07, 6.45) is 7.74. The quantitative estimate of drug-likeness (QED) is 0.333. The number of aliphatic hydroxyl groups excluding tert-OH is 1. The molecule has 160 valence electrons. The molecule has 0 amide bonds. The number of carbonyl (C=O) groups is 1. The molecule has 0 bridgehead atoms. The van der Waals surface area contributed by atoms with Gasteiger partial charge >= 0.3 is 5.97 Å². The molecule has 1 atom stereocenters. The van der Waals surface area contributed by atoms with Crippen molar-refractivity contribution >= 4 is 39.5 Å². The first-order chi connectivity index (χ1) is 14.6. The maximum atomic E-state index is 12.8. The summed E-state index contributed by atoms with van der Waals surface area (Å²) in [7, 11) is 0. The van der Waals surface area contributed by atoms with Crippen molar-refractivity contribution in [2.45, 2.75) is 31.8 Å². The summed E-state index contributed by atoms with van der Waals surface area (Å²) < 4.78 is 17.9. The van der Waals surface area contributed by atoms with E-state index in [1.807, 2.05) is 18.2 Å². The fraction of sp³-hybridized carbons (Fsp3) is 0.391. The Bertz CT molecular complexity index is 1070. The van der Waals surface area contributed by atoms with E-state index in [0.717, 1.165) is 39.8 Å². The normalized spacial score (nSPS) is 13.6. The number of carbonyl (C=O) groups excluding carboxylic acids is 1. The van der Waals surface area contributed by atoms with E-state index in [0.29, 0.717) is 30.8 Å². The van der Waals surface area contributed by atoms with E-state index in [2.05, 4.69) is 12.7 Å². The zero-order chi connectivity index (χ0) is 21.3. The standard InChI is InChI=1S/C23H26O6S/c1-2-22(25)28-12-6-5-11-27-14-16(24)15-29-17-9-10-21-19(13-17)23(26)18-7-3-4-8-20(18)30-21/h2,7-10,13,16,24H,1,3-6,11-12,14-15H2. The number of aliphatic hydroxyl groups is 1. The van der Waals surface area contributed by atoms with Crippen molar-refractivity contribution in [2.75, 3.05) is 26.4 Å². The van der Waals surface area contributed by atoms with Gasteiger partial charge in [0.1, 0.15) is 18.5 Å². The van der Waals surface area contributed by atoms with E-state index in [9.17, 15) is 14.7 Å². The number of unbranched alkanes of at least 4 members (excludes halogenated alkanes) is 1. The number of hydrogen-bond donors (Lipinski definition) is 1. The van der Waals surface area contributed by atoms with Gasteiger partial charge in [-0.25, -0.2) is 4.79 Å². The highest BCUT2D eigenvalue weighted by Gasteiger charge is 2.09. The van der Waals surface area contributed by atoms with Gasteiger partial charge in [0.2, 0.25) is 0 Å². The minimum atomic E-state index is -0.778. The molecule has 0 spiro atoms. The van der Waals surface area contributed by atoms with Crippen molar-refractivity contribution in [1.29, 1.82) is 0 Å². The van der Waals surface area contributed by atoms with Gasteiger partial charge in [0.25, 0.3) is 0 Å². The Morgan fingerprint density at radius 1 is 1.20 bits per heavy atom. The first kappa shape index (κ1) is 22.2. The van der Waals surface area contributed by atoms with Crippen LogP contribution in [0.15, 0.2) is 35.6 Å². The van der Waals surface area contributed by atoms with Crippen molar-refractivity contribution < 1.29 is 24.1 Å². The monoisotopic (exact) mass is 430 g/mol. The Morgan fingerprint density at radius 2 is 2.00 bits per heavy atom. The average Bonchev–Trinajstić information content (AvgIpc) is 2.77. The lowest BCUT2D eigenvalue weighted by atomic mass is 10.1. The second-order valence-corrected chi connectivity index (χ2v) is 8.05. The Labute approximate surface area is 178 Å². The van der Waals surface area contributed by atoms with Crippen LogP contribution in [-0.4, -0.2) is 43.6 Å². The molecule has 0 saturated carbocycles. The third-order valence-corrected chi connectivity index (χ3v) is 5.80. The molecule has 6 nitrogen and oxygen atoms in total. The van der Waals surface area contributed by atoms with Crippen LogP contribution in [0.3, 0.4) is 0 Å². The van der Waals surface area contributed by atoms with Crippen LogP contribution in [0.4, 0.5) is 0 Å². The van der Waals surface area contributed by atoms with Crippen molar-refractivity contribution in [1.82, 2.24) is 0 Å². The van der Waals surface area contributed by atoms with E-state index in [4.69, 9.17) is 14.2 Å². The van der Waals surface area contributed by atoms with E-state index in [1.54, 1.807) is 17.4 Å². The molecule has 0 saturated heterocycles. The SMILES string of the molecule is C=CC(=O)OCCCCOCC(O)COc1ccc2sc3c(c(=O)c2c1)=CCCC=3. The summed E-state index contributed by atoms with van der Waals surface area (Å²) in [5, 5.41) is 11.5. The molecule has 0 aliphatic heterocycles. The highest BCUT2D eigenvalue weighted by atomic mass is 32.1. The molecule has 0 radical (unpaired) electrons. The van der Waals surface area contributed by atoms with Gasteiger partial charge < -0.3 is 19.3 Å². The Hall–Kier alpha value is -2.48. The van der Waals surface area contributed by atoms with Crippen molar-refractivity contribution in [3.63, 3.8) is 0 Å². The van der Waals surface area contributed by atoms with Gasteiger partial charge in [0.15, 0.2) is 5.43 Å². The highest BCUT2D eigenvalue weighted by molar-refractivity contribution is 7.16. The summed E-state index contributed by atoms with van der Waals surface area (Å²) in [5.41, 5.74) is 0.0304. The molecule has 1 aromatic carbocycles. The van der Waals surface area contributed by atoms with Crippen LogP contribution in [0.1, 0.15) is 25.7 Å². The molecule has 1 aliphatic rings. The first-order valence-corrected chi connectivity index (χ1v) is 10.8. The average molecular weight is 431 g/mol. The maximum absolute atomic E-state index is 12.8. The van der Waals surface area contributed by atoms with E-state index in [1.165, 1.54) is 0 Å². The number of esters is 1. The molecular formula is C23H26O6S. The third-order valence-electron chi connectivity index (χ3n) is 4.62. The van der Waals surface area contributed by atoms with E-state index < -0.39 is 12.1 Å². The van der Waals surface area contributed by atoms with Gasteiger partial charge in [0, 0.05) is 32.5 Å². The second-order valence-electron chi connectivity index (χ2n) is 6.97. The Kier molecular flexibility index (Phi) is 8.19.